The smallest absolute Gasteiger partial charge is 0.150 e. The number of benzene rings is 1. The Morgan fingerprint density at radius 1 is 1.43 bits per heavy atom. The Bertz CT molecular complexity index is 361. The summed E-state index contributed by atoms with van der Waals surface area (Å²) in [5.74, 6) is 0. The third kappa shape index (κ3) is 2.11. The molecule has 0 aliphatic heterocycles. The molecule has 1 nitrogen and oxygen atoms in total. The summed E-state index contributed by atoms with van der Waals surface area (Å²) in [6.07, 6.45) is 4.08. The molecule has 0 atom stereocenters. The van der Waals surface area contributed by atoms with Crippen LogP contribution in [0.1, 0.15) is 41.8 Å². The van der Waals surface area contributed by atoms with Crippen molar-refractivity contribution < 1.29 is 4.79 Å². The molecule has 0 amide bonds. The second-order valence-electron chi connectivity index (χ2n) is 3.45. The third-order valence-electron chi connectivity index (χ3n) is 2.38. The lowest BCUT2D eigenvalue weighted by Gasteiger charge is -2.07. The van der Waals surface area contributed by atoms with Crippen LogP contribution in [0.3, 0.4) is 0 Å². The van der Waals surface area contributed by atoms with E-state index < -0.39 is 0 Å². The van der Waals surface area contributed by atoms with E-state index in [1.807, 2.05) is 32.0 Å². The zero-order chi connectivity index (χ0) is 10.6. The van der Waals surface area contributed by atoms with Crippen LogP contribution in [-0.2, 0) is 0 Å². The Balaban J connectivity index is 3.27. The van der Waals surface area contributed by atoms with Crippen molar-refractivity contribution in [1.29, 1.82) is 0 Å². The highest BCUT2D eigenvalue weighted by atomic mass is 16.1. The molecular formula is C13H16O. The molecule has 0 bridgehead atoms. The fourth-order valence-corrected chi connectivity index (χ4v) is 1.60. The first-order valence-electron chi connectivity index (χ1n) is 4.92. The second-order valence-corrected chi connectivity index (χ2v) is 3.45. The number of allylic oxidation sites excluding steroid dienone is 2. The van der Waals surface area contributed by atoms with E-state index in [0.717, 1.165) is 29.4 Å². The van der Waals surface area contributed by atoms with Crippen molar-refractivity contribution >= 4 is 11.9 Å². The summed E-state index contributed by atoms with van der Waals surface area (Å²) in [7, 11) is 0. The minimum absolute atomic E-state index is 0.815. The maximum atomic E-state index is 10.9. The van der Waals surface area contributed by atoms with Gasteiger partial charge in [-0.1, -0.05) is 31.2 Å². The molecule has 1 aromatic carbocycles. The summed E-state index contributed by atoms with van der Waals surface area (Å²) < 4.78 is 0. The number of aryl methyl sites for hydroxylation is 1. The monoisotopic (exact) mass is 188 g/mol. The van der Waals surface area contributed by atoms with Gasteiger partial charge in [0, 0.05) is 5.56 Å². The van der Waals surface area contributed by atoms with E-state index in [-0.39, 0.29) is 0 Å². The standard InChI is InChI=1S/C13H16O/c1-4-6-10(2)12-8-5-7-11(3)13(12)9-14/h5-9H,4H2,1-3H3/b10-6+. The van der Waals surface area contributed by atoms with Crippen LogP contribution in [0.2, 0.25) is 0 Å². The molecule has 1 heteroatoms. The van der Waals surface area contributed by atoms with Gasteiger partial charge in [-0.25, -0.2) is 0 Å². The number of hydrogen-bond donors (Lipinski definition) is 0. The highest BCUT2D eigenvalue weighted by molar-refractivity contribution is 5.86. The van der Waals surface area contributed by atoms with E-state index in [1.165, 1.54) is 5.57 Å². The molecule has 0 saturated heterocycles. The summed E-state index contributed by atoms with van der Waals surface area (Å²) in [4.78, 5) is 10.9. The predicted octanol–water partition coefficient (Wildman–Crippen LogP) is 3.62. The van der Waals surface area contributed by atoms with Crippen LogP contribution in [0.4, 0.5) is 0 Å². The minimum atomic E-state index is 0.815. The third-order valence-corrected chi connectivity index (χ3v) is 2.38. The van der Waals surface area contributed by atoms with Gasteiger partial charge in [-0.2, -0.15) is 0 Å². The molecule has 0 saturated carbocycles. The average molecular weight is 188 g/mol. The van der Waals surface area contributed by atoms with Crippen molar-refractivity contribution in [3.05, 3.63) is 41.0 Å². The van der Waals surface area contributed by atoms with Crippen LogP contribution in [0.5, 0.6) is 0 Å². The second kappa shape index (κ2) is 4.75. The Morgan fingerprint density at radius 2 is 2.14 bits per heavy atom. The molecule has 0 fully saturated rings. The summed E-state index contributed by atoms with van der Waals surface area (Å²) in [6, 6.07) is 5.95. The van der Waals surface area contributed by atoms with Gasteiger partial charge in [-0.05, 0) is 37.0 Å². The first kappa shape index (κ1) is 10.7. The summed E-state index contributed by atoms with van der Waals surface area (Å²) >= 11 is 0. The van der Waals surface area contributed by atoms with Gasteiger partial charge in [0.2, 0.25) is 0 Å². The van der Waals surface area contributed by atoms with Crippen LogP contribution in [0, 0.1) is 6.92 Å². The SMILES string of the molecule is CC/C=C(\C)c1cccc(C)c1C=O. The number of aldehydes is 1. The highest BCUT2D eigenvalue weighted by Gasteiger charge is 2.04. The van der Waals surface area contributed by atoms with Crippen molar-refractivity contribution in [1.82, 2.24) is 0 Å². The average Bonchev–Trinajstić information content (AvgIpc) is 2.17. The van der Waals surface area contributed by atoms with E-state index in [1.54, 1.807) is 0 Å². The molecule has 74 valence electrons. The molecule has 0 N–H and O–H groups in total. The van der Waals surface area contributed by atoms with E-state index >= 15 is 0 Å². The highest BCUT2D eigenvalue weighted by Crippen LogP contribution is 2.20. The zero-order valence-electron chi connectivity index (χ0n) is 9.00. The van der Waals surface area contributed by atoms with Gasteiger partial charge < -0.3 is 0 Å². The Hall–Kier alpha value is -1.37. The van der Waals surface area contributed by atoms with E-state index in [9.17, 15) is 4.79 Å². The lowest BCUT2D eigenvalue weighted by molar-refractivity contribution is 0.112. The van der Waals surface area contributed by atoms with Gasteiger partial charge in [0.25, 0.3) is 0 Å². The Kier molecular flexibility index (Phi) is 3.63. The van der Waals surface area contributed by atoms with E-state index in [0.29, 0.717) is 0 Å². The first-order valence-corrected chi connectivity index (χ1v) is 4.92. The molecule has 0 aliphatic rings. The topological polar surface area (TPSA) is 17.1 Å². The van der Waals surface area contributed by atoms with Crippen LogP contribution in [0.25, 0.3) is 5.57 Å². The normalized spacial score (nSPS) is 11.5. The fraction of sp³-hybridized carbons (Fsp3) is 0.308. The number of carbonyl (C=O) groups is 1. The first-order chi connectivity index (χ1) is 6.70. The van der Waals surface area contributed by atoms with Crippen molar-refractivity contribution in [2.24, 2.45) is 0 Å². The maximum absolute atomic E-state index is 10.9. The maximum Gasteiger partial charge on any atom is 0.150 e. The molecule has 0 heterocycles. The zero-order valence-corrected chi connectivity index (χ0v) is 9.00. The molecule has 0 unspecified atom stereocenters. The quantitative estimate of drug-likeness (QED) is 0.662. The lowest BCUT2D eigenvalue weighted by atomic mass is 9.97. The summed E-state index contributed by atoms with van der Waals surface area (Å²) in [6.45, 7) is 6.11. The van der Waals surface area contributed by atoms with Crippen molar-refractivity contribution in [2.45, 2.75) is 27.2 Å². The van der Waals surface area contributed by atoms with Crippen molar-refractivity contribution in [3.63, 3.8) is 0 Å². The molecular weight excluding hydrogens is 172 g/mol. The molecule has 0 spiro atoms. The van der Waals surface area contributed by atoms with Gasteiger partial charge in [-0.15, -0.1) is 0 Å². The van der Waals surface area contributed by atoms with Crippen LogP contribution in [-0.4, -0.2) is 6.29 Å². The summed E-state index contributed by atoms with van der Waals surface area (Å²) in [5.41, 5.74) is 4.09. The minimum Gasteiger partial charge on any atom is -0.298 e. The van der Waals surface area contributed by atoms with Crippen LogP contribution >= 0.6 is 0 Å². The van der Waals surface area contributed by atoms with Crippen molar-refractivity contribution in [2.75, 3.05) is 0 Å². The van der Waals surface area contributed by atoms with Gasteiger partial charge in [-0.3, -0.25) is 4.79 Å². The number of rotatable bonds is 3. The number of carbonyl (C=O) groups excluding carboxylic acids is 1. The lowest BCUT2D eigenvalue weighted by Crippen LogP contribution is -1.93. The van der Waals surface area contributed by atoms with Gasteiger partial charge in [0.15, 0.2) is 6.29 Å². The molecule has 14 heavy (non-hydrogen) atoms. The largest absolute Gasteiger partial charge is 0.298 e. The molecule has 1 rings (SSSR count). The van der Waals surface area contributed by atoms with Gasteiger partial charge in [0.1, 0.15) is 0 Å². The number of hydrogen-bond acceptors (Lipinski definition) is 1. The molecule has 0 radical (unpaired) electrons. The Labute approximate surface area is 85.5 Å². The van der Waals surface area contributed by atoms with E-state index in [4.69, 9.17) is 0 Å². The van der Waals surface area contributed by atoms with Crippen LogP contribution in [0.15, 0.2) is 24.3 Å². The van der Waals surface area contributed by atoms with Gasteiger partial charge >= 0.3 is 0 Å². The molecule has 0 aromatic heterocycles. The summed E-state index contributed by atoms with van der Waals surface area (Å²) in [5, 5.41) is 0. The molecule has 1 aromatic rings. The predicted molar refractivity (Wildman–Crippen MR) is 60.5 cm³/mol. The fourth-order valence-electron chi connectivity index (χ4n) is 1.60. The van der Waals surface area contributed by atoms with Crippen LogP contribution < -0.4 is 0 Å². The van der Waals surface area contributed by atoms with E-state index in [2.05, 4.69) is 13.0 Å². The van der Waals surface area contributed by atoms with Gasteiger partial charge in [0.05, 0.1) is 0 Å². The van der Waals surface area contributed by atoms with Crippen molar-refractivity contribution in [3.8, 4) is 0 Å². The molecule has 0 aliphatic carbocycles. The Morgan fingerprint density at radius 3 is 2.71 bits per heavy atom.